The van der Waals surface area contributed by atoms with Crippen molar-refractivity contribution < 1.29 is 40.7 Å². The summed E-state index contributed by atoms with van der Waals surface area (Å²) >= 11 is 0. The molecule has 7 nitrogen and oxygen atoms in total. The molecule has 0 fully saturated rings. The Morgan fingerprint density at radius 1 is 1.61 bits per heavy atom. The van der Waals surface area contributed by atoms with Gasteiger partial charge in [0.2, 0.25) is 5.88 Å². The van der Waals surface area contributed by atoms with Gasteiger partial charge in [-0.2, -0.15) is 0 Å². The highest BCUT2D eigenvalue weighted by Gasteiger charge is 2.19. The topological polar surface area (TPSA) is 103 Å². The van der Waals surface area contributed by atoms with Gasteiger partial charge in [0.25, 0.3) is 12.1 Å². The maximum Gasteiger partial charge on any atom is 0.341 e. The van der Waals surface area contributed by atoms with Crippen molar-refractivity contribution in [2.45, 2.75) is 6.43 Å². The molecule has 0 saturated heterocycles. The summed E-state index contributed by atoms with van der Waals surface area (Å²) in [6.07, 6.45) is -2.07. The summed E-state index contributed by atoms with van der Waals surface area (Å²) in [6, 6.07) is 0.691. The number of carboxylic acid groups (broad SMARTS) is 1. The van der Waals surface area contributed by atoms with Crippen LogP contribution in [-0.2, 0) is 0 Å². The van der Waals surface area contributed by atoms with Gasteiger partial charge in [0.05, 0.1) is 4.92 Å². The Morgan fingerprint density at radius 3 is 2.67 bits per heavy atom. The molecule has 0 unspecified atom stereocenters. The third-order valence-electron chi connectivity index (χ3n) is 1.62. The summed E-state index contributed by atoms with van der Waals surface area (Å²) in [5.74, 6) is -2.13. The van der Waals surface area contributed by atoms with Crippen molar-refractivity contribution >= 4 is 11.7 Å². The summed E-state index contributed by atoms with van der Waals surface area (Å²) in [5.41, 5.74) is -1.20. The first-order valence-corrected chi connectivity index (χ1v) is 4.20. The Balaban J connectivity index is 0.00000289. The number of nitro groups is 1. The number of carboxylic acids is 1. The molecule has 10 heteroatoms. The van der Waals surface area contributed by atoms with Gasteiger partial charge in [0, 0.05) is 6.07 Å². The van der Waals surface area contributed by atoms with E-state index in [1.807, 2.05) is 0 Å². The minimum Gasteiger partial charge on any atom is -1.00 e. The van der Waals surface area contributed by atoms with Gasteiger partial charge < -0.3 is 22.3 Å². The molecule has 0 atom stereocenters. The van der Waals surface area contributed by atoms with Crippen LogP contribution in [0.25, 0.3) is 0 Å². The van der Waals surface area contributed by atoms with Crippen molar-refractivity contribution in [1.29, 1.82) is 0 Å². The second kappa shape index (κ2) is 6.64. The number of hydrogen-bond acceptors (Lipinski definition) is 5. The van der Waals surface area contributed by atoms with Crippen molar-refractivity contribution in [3.8, 4) is 5.88 Å². The molecule has 1 aromatic rings. The van der Waals surface area contributed by atoms with Crippen LogP contribution in [0.2, 0.25) is 0 Å². The largest absolute Gasteiger partial charge is 1.00 e. The summed E-state index contributed by atoms with van der Waals surface area (Å²) in [5, 5.41) is 19.1. The molecule has 0 radical (unpaired) electrons. The minimum absolute atomic E-state index is 0. The van der Waals surface area contributed by atoms with Crippen LogP contribution in [0.1, 0.15) is 10.4 Å². The van der Waals surface area contributed by atoms with Crippen LogP contribution in [0.4, 0.5) is 14.5 Å². The van der Waals surface area contributed by atoms with Crippen LogP contribution in [0.15, 0.2) is 12.3 Å². The number of aromatic nitrogens is 1. The lowest BCUT2D eigenvalue weighted by atomic mass is 10.2. The fourth-order valence-electron chi connectivity index (χ4n) is 0.951. The van der Waals surface area contributed by atoms with E-state index in [1.165, 1.54) is 0 Å². The van der Waals surface area contributed by atoms with E-state index in [9.17, 15) is 23.7 Å². The number of pyridine rings is 1. The average Bonchev–Trinajstić information content (AvgIpc) is 2.25. The molecule has 100 valence electrons. The molecule has 1 rings (SSSR count). The Hall–Kier alpha value is -2.03. The number of alkyl halides is 2. The molecule has 0 aliphatic carbocycles. The predicted molar refractivity (Wildman–Crippen MR) is 49.3 cm³/mol. The Morgan fingerprint density at radius 2 is 2.22 bits per heavy atom. The summed E-state index contributed by atoms with van der Waals surface area (Å²) < 4.78 is 28.1. The van der Waals surface area contributed by atoms with E-state index >= 15 is 0 Å². The van der Waals surface area contributed by atoms with Gasteiger partial charge in [-0.15, -0.1) is 0 Å². The highest BCUT2D eigenvalue weighted by atomic mass is 35.5. The smallest absolute Gasteiger partial charge is 0.341 e. The molecule has 0 aliphatic heterocycles. The Bertz CT molecular complexity index is 457. The quantitative estimate of drug-likeness (QED) is 0.512. The first-order valence-electron chi connectivity index (χ1n) is 4.20. The predicted octanol–water partition coefficient (Wildman–Crippen LogP) is -1.66. The Labute approximate surface area is 105 Å². The van der Waals surface area contributed by atoms with E-state index in [4.69, 9.17) is 5.11 Å². The number of ether oxygens (including phenoxy) is 1. The van der Waals surface area contributed by atoms with Crippen LogP contribution in [0.5, 0.6) is 5.88 Å². The van der Waals surface area contributed by atoms with Crippen molar-refractivity contribution in [3.05, 3.63) is 27.9 Å². The van der Waals surface area contributed by atoms with Crippen LogP contribution in [0, 0.1) is 10.1 Å². The van der Waals surface area contributed by atoms with Gasteiger partial charge >= 0.3 is 5.97 Å². The van der Waals surface area contributed by atoms with E-state index in [2.05, 4.69) is 9.72 Å². The lowest BCUT2D eigenvalue weighted by Gasteiger charge is -2.06. The molecular weight excluding hydrogens is 278 g/mol. The molecule has 0 aliphatic rings. The van der Waals surface area contributed by atoms with E-state index < -0.39 is 41.1 Å². The van der Waals surface area contributed by atoms with Crippen LogP contribution in [-0.4, -0.2) is 34.0 Å². The Kier molecular flexibility index (Phi) is 5.89. The van der Waals surface area contributed by atoms with Crippen molar-refractivity contribution in [2.75, 3.05) is 6.61 Å². The molecule has 1 N–H and O–H groups in total. The highest BCUT2D eigenvalue weighted by Crippen LogP contribution is 2.21. The number of hydrogen-bond donors (Lipinski definition) is 1. The number of aromatic carboxylic acids is 1. The number of halogens is 3. The monoisotopic (exact) mass is 283 g/mol. The molecular formula is C8H6ClF2N2O5-. The van der Waals surface area contributed by atoms with Gasteiger partial charge in [-0.3, -0.25) is 10.1 Å². The fourth-order valence-corrected chi connectivity index (χ4v) is 0.951. The highest BCUT2D eigenvalue weighted by molar-refractivity contribution is 5.90. The average molecular weight is 284 g/mol. The van der Waals surface area contributed by atoms with Crippen LogP contribution >= 0.6 is 0 Å². The maximum atomic E-state index is 11.9. The number of carbonyl (C=O) groups is 1. The fraction of sp³-hybridized carbons (Fsp3) is 0.250. The maximum absolute atomic E-state index is 11.9. The van der Waals surface area contributed by atoms with Crippen molar-refractivity contribution in [3.63, 3.8) is 0 Å². The molecule has 1 aromatic heterocycles. The molecule has 18 heavy (non-hydrogen) atoms. The van der Waals surface area contributed by atoms with E-state index in [0.29, 0.717) is 6.07 Å². The summed E-state index contributed by atoms with van der Waals surface area (Å²) in [6.45, 7) is -1.04. The summed E-state index contributed by atoms with van der Waals surface area (Å²) in [7, 11) is 0. The van der Waals surface area contributed by atoms with Gasteiger partial charge in [-0.25, -0.2) is 18.6 Å². The van der Waals surface area contributed by atoms with Gasteiger partial charge in [0.1, 0.15) is 11.8 Å². The second-order valence-electron chi connectivity index (χ2n) is 2.81. The van der Waals surface area contributed by atoms with Crippen LogP contribution in [0.3, 0.4) is 0 Å². The zero-order valence-corrected chi connectivity index (χ0v) is 9.30. The molecule has 0 saturated carbocycles. The van der Waals surface area contributed by atoms with Gasteiger partial charge in [0.15, 0.2) is 6.61 Å². The number of rotatable bonds is 5. The standard InChI is InChI=1S/C8H6F2N2O5.ClH/c9-6(10)3-17-7-5(8(13)14)1-4(2-11-7)12(15)16;/h1-2,6H,3H2,(H,13,14);1H/p-1. The molecule has 0 bridgehead atoms. The zero-order valence-electron chi connectivity index (χ0n) is 8.55. The van der Waals surface area contributed by atoms with Crippen LogP contribution < -0.4 is 17.1 Å². The SMILES string of the molecule is O=C(O)c1cc([N+](=O)[O-])cnc1OCC(F)F.[Cl-]. The normalized spacial score (nSPS) is 9.72. The summed E-state index contributed by atoms with van der Waals surface area (Å²) in [4.78, 5) is 23.5. The number of nitrogens with zero attached hydrogens (tertiary/aromatic N) is 2. The molecule has 0 spiro atoms. The first kappa shape index (κ1) is 16.0. The third-order valence-corrected chi connectivity index (χ3v) is 1.62. The zero-order chi connectivity index (χ0) is 13.0. The molecule has 0 aromatic carbocycles. The van der Waals surface area contributed by atoms with Gasteiger partial charge in [-0.05, 0) is 0 Å². The van der Waals surface area contributed by atoms with Crippen molar-refractivity contribution in [1.82, 2.24) is 4.98 Å². The third kappa shape index (κ3) is 4.09. The van der Waals surface area contributed by atoms with E-state index in [-0.39, 0.29) is 12.4 Å². The lowest BCUT2D eigenvalue weighted by Crippen LogP contribution is -3.00. The van der Waals surface area contributed by atoms with E-state index in [0.717, 1.165) is 6.20 Å². The molecule has 1 heterocycles. The lowest BCUT2D eigenvalue weighted by molar-refractivity contribution is -0.385. The minimum atomic E-state index is -2.80. The van der Waals surface area contributed by atoms with Crippen molar-refractivity contribution in [2.24, 2.45) is 0 Å². The first-order chi connectivity index (χ1) is 7.91. The molecule has 0 amide bonds. The van der Waals surface area contributed by atoms with E-state index in [1.54, 1.807) is 0 Å². The second-order valence-corrected chi connectivity index (χ2v) is 2.81. The van der Waals surface area contributed by atoms with Gasteiger partial charge in [-0.1, -0.05) is 0 Å².